The Hall–Kier alpha value is -1.40. The average Bonchev–Trinajstić information content (AvgIpc) is 2.47. The molecule has 0 bridgehead atoms. The lowest BCUT2D eigenvalue weighted by molar-refractivity contribution is 0.250. The molecule has 0 spiro atoms. The number of allylic oxidation sites excluding steroid dienone is 2. The second kappa shape index (κ2) is 5.93. The summed E-state index contributed by atoms with van der Waals surface area (Å²) in [5.74, 6) is 0.621. The molecule has 1 aliphatic heterocycles. The van der Waals surface area contributed by atoms with Gasteiger partial charge in [0.1, 0.15) is 10.7 Å². The van der Waals surface area contributed by atoms with Crippen LogP contribution >= 0.6 is 11.8 Å². The third-order valence-corrected chi connectivity index (χ3v) is 5.66. The van der Waals surface area contributed by atoms with Crippen LogP contribution in [0.4, 0.5) is 0 Å². The monoisotopic (exact) mass is 312 g/mol. The van der Waals surface area contributed by atoms with Crippen molar-refractivity contribution >= 4 is 21.6 Å². The lowest BCUT2D eigenvalue weighted by Crippen LogP contribution is -2.20. The third kappa shape index (κ3) is 2.86. The fourth-order valence-electron chi connectivity index (χ4n) is 1.83. The van der Waals surface area contributed by atoms with Crippen LogP contribution in [0.15, 0.2) is 52.0 Å². The predicted octanol–water partition coefficient (Wildman–Crippen LogP) is 2.98. The highest BCUT2D eigenvalue weighted by Crippen LogP contribution is 2.33. The van der Waals surface area contributed by atoms with Crippen LogP contribution < -0.4 is 4.74 Å². The summed E-state index contributed by atoms with van der Waals surface area (Å²) in [5.41, 5.74) is 0.271. The standard InChI is InChI=1S/C14H16O4S2/c1-10-8-13(14(19-3)18-9-10)20(15,16)12-6-4-11(17-2)5-7-12/h4-9,14H,1-3H3. The van der Waals surface area contributed by atoms with Crippen molar-refractivity contribution in [1.82, 2.24) is 0 Å². The van der Waals surface area contributed by atoms with Crippen LogP contribution in [0.1, 0.15) is 6.92 Å². The maximum absolute atomic E-state index is 12.7. The van der Waals surface area contributed by atoms with Crippen molar-refractivity contribution in [2.75, 3.05) is 13.4 Å². The van der Waals surface area contributed by atoms with Gasteiger partial charge in [-0.25, -0.2) is 8.42 Å². The number of sulfone groups is 1. The average molecular weight is 312 g/mol. The van der Waals surface area contributed by atoms with E-state index in [2.05, 4.69) is 0 Å². The molecule has 0 fully saturated rings. The fourth-order valence-corrected chi connectivity index (χ4v) is 4.38. The number of ether oxygens (including phenoxy) is 2. The SMILES string of the molecule is COc1ccc(S(=O)(=O)C2=CC(C)=COC2SC)cc1. The highest BCUT2D eigenvalue weighted by Gasteiger charge is 2.30. The summed E-state index contributed by atoms with van der Waals surface area (Å²) in [4.78, 5) is 0.511. The van der Waals surface area contributed by atoms with Gasteiger partial charge in [-0.05, 0) is 49.1 Å². The maximum Gasteiger partial charge on any atom is 0.207 e. The Bertz CT molecular complexity index is 642. The Morgan fingerprint density at radius 2 is 1.90 bits per heavy atom. The largest absolute Gasteiger partial charge is 0.497 e. The number of rotatable bonds is 4. The molecule has 0 aliphatic carbocycles. The topological polar surface area (TPSA) is 52.6 Å². The molecule has 0 saturated carbocycles. The lowest BCUT2D eigenvalue weighted by Gasteiger charge is -2.22. The molecule has 1 atom stereocenters. The first-order valence-electron chi connectivity index (χ1n) is 5.95. The summed E-state index contributed by atoms with van der Waals surface area (Å²) in [5, 5.41) is 0. The highest BCUT2D eigenvalue weighted by atomic mass is 32.2. The third-order valence-electron chi connectivity index (χ3n) is 2.87. The Morgan fingerprint density at radius 3 is 2.45 bits per heavy atom. The molecule has 1 heterocycles. The molecule has 1 aliphatic rings. The first kappa shape index (κ1) is 15.0. The molecule has 4 nitrogen and oxygen atoms in total. The molecule has 1 unspecified atom stereocenters. The Balaban J connectivity index is 2.44. The molecule has 0 amide bonds. The van der Waals surface area contributed by atoms with Gasteiger partial charge in [-0.2, -0.15) is 0 Å². The van der Waals surface area contributed by atoms with E-state index in [0.717, 1.165) is 5.57 Å². The van der Waals surface area contributed by atoms with Crippen LogP contribution in [-0.4, -0.2) is 27.2 Å². The van der Waals surface area contributed by atoms with Gasteiger partial charge in [-0.3, -0.25) is 0 Å². The molecule has 0 saturated heterocycles. The minimum atomic E-state index is -3.56. The molecule has 1 aromatic rings. The summed E-state index contributed by atoms with van der Waals surface area (Å²) in [7, 11) is -2.02. The summed E-state index contributed by atoms with van der Waals surface area (Å²) < 4.78 is 35.8. The number of methoxy groups -OCH3 is 1. The molecule has 0 radical (unpaired) electrons. The molecule has 2 rings (SSSR count). The van der Waals surface area contributed by atoms with Gasteiger partial charge >= 0.3 is 0 Å². The minimum Gasteiger partial charge on any atom is -0.497 e. The maximum atomic E-state index is 12.7. The first-order valence-corrected chi connectivity index (χ1v) is 8.72. The summed E-state index contributed by atoms with van der Waals surface area (Å²) in [6.07, 6.45) is 5.05. The minimum absolute atomic E-state index is 0.238. The van der Waals surface area contributed by atoms with Crippen LogP contribution in [0.5, 0.6) is 5.75 Å². The summed E-state index contributed by atoms with van der Waals surface area (Å²) in [6, 6.07) is 6.35. The quantitative estimate of drug-likeness (QED) is 0.855. The van der Waals surface area contributed by atoms with Crippen molar-refractivity contribution in [2.45, 2.75) is 17.3 Å². The molecule has 1 aromatic carbocycles. The van der Waals surface area contributed by atoms with E-state index < -0.39 is 15.3 Å². The van der Waals surface area contributed by atoms with Crippen molar-refractivity contribution in [1.29, 1.82) is 0 Å². The van der Waals surface area contributed by atoms with Gasteiger partial charge in [-0.1, -0.05) is 0 Å². The second-order valence-electron chi connectivity index (χ2n) is 4.29. The van der Waals surface area contributed by atoms with Gasteiger partial charge in [0.15, 0.2) is 5.44 Å². The van der Waals surface area contributed by atoms with E-state index in [-0.39, 0.29) is 9.80 Å². The smallest absolute Gasteiger partial charge is 0.207 e. The van der Waals surface area contributed by atoms with Crippen LogP contribution in [0.25, 0.3) is 0 Å². The normalized spacial score (nSPS) is 18.9. The number of hydrogen-bond donors (Lipinski definition) is 0. The number of thioether (sulfide) groups is 1. The van der Waals surface area contributed by atoms with Crippen molar-refractivity contribution in [3.63, 3.8) is 0 Å². The van der Waals surface area contributed by atoms with Crippen LogP contribution in [-0.2, 0) is 14.6 Å². The van der Waals surface area contributed by atoms with Gasteiger partial charge in [0.2, 0.25) is 9.84 Å². The fraction of sp³-hybridized carbons (Fsp3) is 0.286. The predicted molar refractivity (Wildman–Crippen MR) is 80.4 cm³/mol. The molecule has 6 heteroatoms. The van der Waals surface area contributed by atoms with E-state index >= 15 is 0 Å². The zero-order valence-electron chi connectivity index (χ0n) is 11.5. The van der Waals surface area contributed by atoms with Gasteiger partial charge in [-0.15, -0.1) is 11.8 Å². The summed E-state index contributed by atoms with van der Waals surface area (Å²) in [6.45, 7) is 1.81. The Labute approximate surface area is 123 Å². The zero-order chi connectivity index (χ0) is 14.8. The van der Waals surface area contributed by atoms with Crippen LogP contribution in [0.2, 0.25) is 0 Å². The van der Waals surface area contributed by atoms with E-state index in [9.17, 15) is 8.42 Å². The van der Waals surface area contributed by atoms with Crippen molar-refractivity contribution in [2.24, 2.45) is 0 Å². The molecule has 108 valence electrons. The van der Waals surface area contributed by atoms with Gasteiger partial charge in [0, 0.05) is 0 Å². The van der Waals surface area contributed by atoms with E-state index in [4.69, 9.17) is 9.47 Å². The first-order chi connectivity index (χ1) is 9.48. The van der Waals surface area contributed by atoms with E-state index in [0.29, 0.717) is 5.75 Å². The molecule has 20 heavy (non-hydrogen) atoms. The van der Waals surface area contributed by atoms with E-state index in [1.165, 1.54) is 11.8 Å². The molecule has 0 N–H and O–H groups in total. The van der Waals surface area contributed by atoms with Gasteiger partial charge in [0.25, 0.3) is 0 Å². The van der Waals surface area contributed by atoms with Crippen molar-refractivity contribution < 1.29 is 17.9 Å². The van der Waals surface area contributed by atoms with Gasteiger partial charge < -0.3 is 9.47 Å². The second-order valence-corrected chi connectivity index (χ2v) is 7.14. The molecule has 0 aromatic heterocycles. The molecular weight excluding hydrogens is 296 g/mol. The zero-order valence-corrected chi connectivity index (χ0v) is 13.1. The summed E-state index contributed by atoms with van der Waals surface area (Å²) >= 11 is 1.35. The van der Waals surface area contributed by atoms with Gasteiger partial charge in [0.05, 0.1) is 18.3 Å². The Kier molecular flexibility index (Phi) is 4.45. The number of benzene rings is 1. The highest BCUT2D eigenvalue weighted by molar-refractivity contribution is 8.02. The van der Waals surface area contributed by atoms with Crippen molar-refractivity contribution in [3.8, 4) is 5.75 Å². The van der Waals surface area contributed by atoms with Crippen LogP contribution in [0, 0.1) is 0 Å². The van der Waals surface area contributed by atoms with E-state index in [1.54, 1.807) is 50.6 Å². The molecular formula is C14H16O4S2. The van der Waals surface area contributed by atoms with E-state index in [1.807, 2.05) is 6.26 Å². The van der Waals surface area contributed by atoms with Crippen LogP contribution in [0.3, 0.4) is 0 Å². The lowest BCUT2D eigenvalue weighted by atomic mass is 10.3. The van der Waals surface area contributed by atoms with Crippen molar-refractivity contribution in [3.05, 3.63) is 47.1 Å². The Morgan fingerprint density at radius 1 is 1.25 bits per heavy atom. The number of hydrogen-bond acceptors (Lipinski definition) is 5.